The number of carbonyl (C=O) groups excluding carboxylic acids is 2. The van der Waals surface area contributed by atoms with Gasteiger partial charge < -0.3 is 4.74 Å². The van der Waals surface area contributed by atoms with E-state index in [9.17, 15) is 9.59 Å². The maximum atomic E-state index is 12.9. The summed E-state index contributed by atoms with van der Waals surface area (Å²) in [5, 5.41) is 0.963. The van der Waals surface area contributed by atoms with E-state index in [2.05, 4.69) is 15.9 Å². The molecule has 0 aliphatic rings. The highest BCUT2D eigenvalue weighted by atomic mass is 79.9. The van der Waals surface area contributed by atoms with Crippen molar-refractivity contribution in [3.05, 3.63) is 71.3 Å². The minimum absolute atomic E-state index is 0.0373. The number of rotatable bonds is 9. The molecular weight excluding hydrogens is 416 g/mol. The van der Waals surface area contributed by atoms with Crippen LogP contribution in [0.2, 0.25) is 0 Å². The molecule has 4 heteroatoms. The molecule has 0 saturated heterocycles. The number of esters is 1. The Hall–Kier alpha value is -1.94. The Kier molecular flexibility index (Phi) is 8.43. The predicted octanol–water partition coefficient (Wildman–Crippen LogP) is 6.30. The van der Waals surface area contributed by atoms with Gasteiger partial charge in [0.25, 0.3) is 0 Å². The normalized spacial score (nSPS) is 12.4. The van der Waals surface area contributed by atoms with Gasteiger partial charge in [-0.15, -0.1) is 0 Å². The molecule has 2 rings (SSSR count). The van der Waals surface area contributed by atoms with E-state index in [-0.39, 0.29) is 17.7 Å². The summed E-state index contributed by atoms with van der Waals surface area (Å²) in [5.41, 5.74) is 1.54. The molecule has 2 aromatic rings. The van der Waals surface area contributed by atoms with Gasteiger partial charge in [-0.25, -0.2) is 0 Å². The lowest BCUT2D eigenvalue weighted by molar-refractivity contribution is -0.157. The standard InChI is InChI=1S/C24H29BrO3/c1-24(2,3)28-23(27)21(15-8-5-9-16-25)19-13-10-14-20(17-19)22(26)18-11-6-4-7-12-18/h4,6-7,10-14,17,21H,5,8-9,15-16H2,1-3H3. The van der Waals surface area contributed by atoms with Crippen molar-refractivity contribution in [2.45, 2.75) is 58.0 Å². The van der Waals surface area contributed by atoms with Gasteiger partial charge in [-0.3, -0.25) is 9.59 Å². The highest BCUT2D eigenvalue weighted by Gasteiger charge is 2.27. The summed E-state index contributed by atoms with van der Waals surface area (Å²) in [5.74, 6) is -0.626. The monoisotopic (exact) mass is 444 g/mol. The number of unbranched alkanes of at least 4 members (excludes halogenated alkanes) is 2. The van der Waals surface area contributed by atoms with Crippen LogP contribution < -0.4 is 0 Å². The maximum Gasteiger partial charge on any atom is 0.313 e. The third-order valence-corrected chi connectivity index (χ3v) is 4.97. The molecule has 0 aliphatic heterocycles. The summed E-state index contributed by atoms with van der Waals surface area (Å²) in [4.78, 5) is 25.7. The number of hydrogen-bond acceptors (Lipinski definition) is 3. The van der Waals surface area contributed by atoms with Crippen LogP contribution in [0.15, 0.2) is 54.6 Å². The van der Waals surface area contributed by atoms with Crippen LogP contribution in [0.25, 0.3) is 0 Å². The first-order chi connectivity index (χ1) is 13.3. The molecule has 0 saturated carbocycles. The van der Waals surface area contributed by atoms with Gasteiger partial charge in [-0.05, 0) is 45.2 Å². The minimum atomic E-state index is -0.539. The maximum absolute atomic E-state index is 12.9. The molecule has 0 aliphatic carbocycles. The number of ether oxygens (including phenoxy) is 1. The molecule has 0 heterocycles. The van der Waals surface area contributed by atoms with Gasteiger partial charge in [0.05, 0.1) is 5.92 Å². The van der Waals surface area contributed by atoms with Gasteiger partial charge in [0, 0.05) is 16.5 Å². The van der Waals surface area contributed by atoms with Crippen molar-refractivity contribution in [2.75, 3.05) is 5.33 Å². The molecule has 150 valence electrons. The first kappa shape index (κ1) is 22.4. The predicted molar refractivity (Wildman–Crippen MR) is 117 cm³/mol. The van der Waals surface area contributed by atoms with Gasteiger partial charge >= 0.3 is 5.97 Å². The number of halogens is 1. The zero-order chi connectivity index (χ0) is 20.6. The van der Waals surface area contributed by atoms with Crippen molar-refractivity contribution < 1.29 is 14.3 Å². The molecular formula is C24H29BrO3. The van der Waals surface area contributed by atoms with Crippen molar-refractivity contribution in [1.82, 2.24) is 0 Å². The SMILES string of the molecule is CC(C)(C)OC(=O)C(CCCCCBr)c1cccc(C(=O)c2ccccc2)c1. The van der Waals surface area contributed by atoms with Gasteiger partial charge in [0.2, 0.25) is 0 Å². The van der Waals surface area contributed by atoms with Gasteiger partial charge in [0.15, 0.2) is 5.78 Å². The summed E-state index contributed by atoms with van der Waals surface area (Å²) in [6.45, 7) is 5.63. The number of benzene rings is 2. The quantitative estimate of drug-likeness (QED) is 0.197. The first-order valence-electron chi connectivity index (χ1n) is 9.80. The second-order valence-corrected chi connectivity index (χ2v) is 8.74. The smallest absolute Gasteiger partial charge is 0.313 e. The molecule has 1 atom stereocenters. The number of ketones is 1. The van der Waals surface area contributed by atoms with Crippen molar-refractivity contribution in [3.8, 4) is 0 Å². The minimum Gasteiger partial charge on any atom is -0.459 e. The van der Waals surface area contributed by atoms with Crippen LogP contribution in [-0.4, -0.2) is 22.7 Å². The second-order valence-electron chi connectivity index (χ2n) is 7.94. The molecule has 0 fully saturated rings. The summed E-state index contributed by atoms with van der Waals surface area (Å²) >= 11 is 3.45. The van der Waals surface area contributed by atoms with Gasteiger partial charge in [-0.2, -0.15) is 0 Å². The van der Waals surface area contributed by atoms with E-state index in [0.29, 0.717) is 17.5 Å². The van der Waals surface area contributed by atoms with Gasteiger partial charge in [0.1, 0.15) is 5.60 Å². The topological polar surface area (TPSA) is 43.4 Å². The lowest BCUT2D eigenvalue weighted by Gasteiger charge is -2.24. The summed E-state index contributed by atoms with van der Waals surface area (Å²) < 4.78 is 5.66. The molecule has 0 spiro atoms. The second kappa shape index (κ2) is 10.6. The Morgan fingerprint density at radius 2 is 1.61 bits per heavy atom. The fourth-order valence-electron chi connectivity index (χ4n) is 3.07. The van der Waals surface area contributed by atoms with Crippen molar-refractivity contribution in [2.24, 2.45) is 0 Å². The molecule has 0 bridgehead atoms. The summed E-state index contributed by atoms with van der Waals surface area (Å²) in [6.07, 6.45) is 3.78. The van der Waals surface area contributed by atoms with Crippen LogP contribution in [-0.2, 0) is 9.53 Å². The number of carbonyl (C=O) groups is 2. The van der Waals surface area contributed by atoms with E-state index in [1.54, 1.807) is 18.2 Å². The van der Waals surface area contributed by atoms with Crippen molar-refractivity contribution in [3.63, 3.8) is 0 Å². The Morgan fingerprint density at radius 1 is 0.929 bits per heavy atom. The molecule has 28 heavy (non-hydrogen) atoms. The van der Waals surface area contributed by atoms with Crippen LogP contribution in [0.5, 0.6) is 0 Å². The molecule has 1 unspecified atom stereocenters. The molecule has 3 nitrogen and oxygen atoms in total. The first-order valence-corrected chi connectivity index (χ1v) is 10.9. The number of alkyl halides is 1. The third kappa shape index (κ3) is 6.90. The van der Waals surface area contributed by atoms with Crippen LogP contribution in [0, 0.1) is 0 Å². The highest BCUT2D eigenvalue weighted by molar-refractivity contribution is 9.09. The van der Waals surface area contributed by atoms with Gasteiger partial charge in [-0.1, -0.05) is 77.3 Å². The van der Waals surface area contributed by atoms with Crippen molar-refractivity contribution >= 4 is 27.7 Å². The zero-order valence-corrected chi connectivity index (χ0v) is 18.5. The largest absolute Gasteiger partial charge is 0.459 e. The molecule has 2 aromatic carbocycles. The van der Waals surface area contributed by atoms with Crippen LogP contribution >= 0.6 is 15.9 Å². The van der Waals surface area contributed by atoms with E-state index in [4.69, 9.17) is 4.74 Å². The molecule has 0 radical (unpaired) electrons. The highest BCUT2D eigenvalue weighted by Crippen LogP contribution is 2.28. The molecule has 0 N–H and O–H groups in total. The Morgan fingerprint density at radius 3 is 2.25 bits per heavy atom. The zero-order valence-electron chi connectivity index (χ0n) is 16.9. The van der Waals surface area contributed by atoms with Crippen LogP contribution in [0.1, 0.15) is 73.9 Å². The van der Waals surface area contributed by atoms with E-state index in [1.165, 1.54) is 0 Å². The lowest BCUT2D eigenvalue weighted by atomic mass is 9.90. The van der Waals surface area contributed by atoms with E-state index in [0.717, 1.165) is 30.2 Å². The average molecular weight is 445 g/mol. The molecule has 0 aromatic heterocycles. The average Bonchev–Trinajstić information content (AvgIpc) is 2.67. The Balaban J connectivity index is 2.26. The Bertz CT molecular complexity index is 778. The fourth-order valence-corrected chi connectivity index (χ4v) is 3.46. The fraction of sp³-hybridized carbons (Fsp3) is 0.417. The van der Waals surface area contributed by atoms with E-state index >= 15 is 0 Å². The van der Waals surface area contributed by atoms with E-state index < -0.39 is 5.60 Å². The third-order valence-electron chi connectivity index (χ3n) is 4.40. The molecule has 0 amide bonds. The Labute approximate surface area is 176 Å². The summed E-state index contributed by atoms with van der Waals surface area (Å²) in [6, 6.07) is 16.6. The van der Waals surface area contributed by atoms with Crippen molar-refractivity contribution in [1.29, 1.82) is 0 Å². The summed E-state index contributed by atoms with van der Waals surface area (Å²) in [7, 11) is 0. The van der Waals surface area contributed by atoms with Crippen LogP contribution in [0.4, 0.5) is 0 Å². The van der Waals surface area contributed by atoms with Crippen LogP contribution in [0.3, 0.4) is 0 Å². The lowest BCUT2D eigenvalue weighted by Crippen LogP contribution is -2.28. The van der Waals surface area contributed by atoms with E-state index in [1.807, 2.05) is 57.2 Å². The number of hydrogen-bond donors (Lipinski definition) is 0.